The normalized spacial score (nSPS) is 10.8. The first-order valence-corrected chi connectivity index (χ1v) is 9.96. The molecule has 2 heterocycles. The molecule has 0 bridgehead atoms. The van der Waals surface area contributed by atoms with E-state index in [0.29, 0.717) is 24.4 Å². The number of amides is 1. The summed E-state index contributed by atoms with van der Waals surface area (Å²) in [5.41, 5.74) is 1.98. The summed E-state index contributed by atoms with van der Waals surface area (Å²) in [6, 6.07) is 7.93. The molecule has 0 fully saturated rings. The number of carbonyl (C=O) groups excluding carboxylic acids is 1. The largest absolute Gasteiger partial charge is 0.496 e. The number of fused-ring (bicyclic) bond motifs is 1. The highest BCUT2D eigenvalue weighted by Crippen LogP contribution is 2.33. The van der Waals surface area contributed by atoms with Gasteiger partial charge in [-0.3, -0.25) is 4.79 Å². The number of para-hydroxylation sites is 1. The fraction of sp³-hybridized carbons (Fsp3) is 0.350. The molecule has 0 spiro atoms. The van der Waals surface area contributed by atoms with Crippen LogP contribution in [0.3, 0.4) is 0 Å². The molecule has 0 unspecified atom stereocenters. The molecule has 0 atom stereocenters. The lowest BCUT2D eigenvalue weighted by atomic mass is 10.1. The lowest BCUT2D eigenvalue weighted by molar-refractivity contribution is 0.0954. The summed E-state index contributed by atoms with van der Waals surface area (Å²) in [5, 5.41) is 15.9. The van der Waals surface area contributed by atoms with Gasteiger partial charge in [-0.05, 0) is 37.0 Å². The SMILES string of the molecule is COc1ccccc1CCNc1ncnc2sc(C(=O)NCCCO)c(C)c12. The molecule has 0 saturated carbocycles. The van der Waals surface area contributed by atoms with Gasteiger partial charge >= 0.3 is 0 Å². The number of nitrogens with one attached hydrogen (secondary N) is 2. The Hall–Kier alpha value is -2.71. The fourth-order valence-electron chi connectivity index (χ4n) is 3.01. The smallest absolute Gasteiger partial charge is 0.261 e. The zero-order valence-electron chi connectivity index (χ0n) is 16.0. The van der Waals surface area contributed by atoms with E-state index >= 15 is 0 Å². The molecule has 1 amide bonds. The Morgan fingerprint density at radius 2 is 2.07 bits per heavy atom. The Balaban J connectivity index is 1.75. The molecule has 3 N–H and O–H groups in total. The number of aliphatic hydroxyl groups excluding tert-OH is 1. The van der Waals surface area contributed by atoms with Crippen molar-refractivity contribution in [1.29, 1.82) is 0 Å². The van der Waals surface area contributed by atoms with Crippen LogP contribution in [0.2, 0.25) is 0 Å². The van der Waals surface area contributed by atoms with Gasteiger partial charge in [0.25, 0.3) is 5.91 Å². The van der Waals surface area contributed by atoms with Gasteiger partial charge in [0.1, 0.15) is 22.7 Å². The molecule has 0 saturated heterocycles. The van der Waals surface area contributed by atoms with Crippen LogP contribution in [-0.4, -0.2) is 47.8 Å². The molecule has 0 aliphatic carbocycles. The van der Waals surface area contributed by atoms with Crippen LogP contribution in [0.15, 0.2) is 30.6 Å². The van der Waals surface area contributed by atoms with Crippen LogP contribution < -0.4 is 15.4 Å². The fourth-order valence-corrected chi connectivity index (χ4v) is 4.07. The summed E-state index contributed by atoms with van der Waals surface area (Å²) >= 11 is 1.35. The van der Waals surface area contributed by atoms with Gasteiger partial charge < -0.3 is 20.5 Å². The average molecular weight is 401 g/mol. The molecule has 3 aromatic rings. The number of hydrogen-bond acceptors (Lipinski definition) is 7. The van der Waals surface area contributed by atoms with Gasteiger partial charge in [-0.15, -0.1) is 11.3 Å². The highest BCUT2D eigenvalue weighted by Gasteiger charge is 2.19. The molecule has 0 aliphatic rings. The number of carbonyl (C=O) groups is 1. The number of rotatable bonds is 9. The highest BCUT2D eigenvalue weighted by molar-refractivity contribution is 7.20. The number of methoxy groups -OCH3 is 1. The van der Waals surface area contributed by atoms with E-state index < -0.39 is 0 Å². The van der Waals surface area contributed by atoms with Gasteiger partial charge in [0, 0.05) is 19.7 Å². The van der Waals surface area contributed by atoms with Gasteiger partial charge in [0.05, 0.1) is 17.4 Å². The maximum Gasteiger partial charge on any atom is 0.261 e. The molecule has 148 valence electrons. The van der Waals surface area contributed by atoms with Crippen LogP contribution in [-0.2, 0) is 6.42 Å². The van der Waals surface area contributed by atoms with Crippen molar-refractivity contribution in [2.75, 3.05) is 32.1 Å². The van der Waals surface area contributed by atoms with E-state index in [-0.39, 0.29) is 12.5 Å². The van der Waals surface area contributed by atoms with Crippen molar-refractivity contribution in [3.8, 4) is 5.75 Å². The maximum absolute atomic E-state index is 12.4. The van der Waals surface area contributed by atoms with E-state index in [1.165, 1.54) is 17.7 Å². The number of nitrogens with zero attached hydrogens (tertiary/aromatic N) is 2. The second-order valence-electron chi connectivity index (χ2n) is 6.28. The predicted octanol–water partition coefficient (Wildman–Crippen LogP) is 2.78. The van der Waals surface area contributed by atoms with Crippen molar-refractivity contribution in [2.45, 2.75) is 19.8 Å². The number of aliphatic hydroxyl groups is 1. The molecular weight excluding hydrogens is 376 g/mol. The second-order valence-corrected chi connectivity index (χ2v) is 7.28. The van der Waals surface area contributed by atoms with Gasteiger partial charge in [-0.1, -0.05) is 18.2 Å². The Bertz CT molecular complexity index is 958. The van der Waals surface area contributed by atoms with Crippen molar-refractivity contribution < 1.29 is 14.6 Å². The van der Waals surface area contributed by atoms with Crippen molar-refractivity contribution in [3.63, 3.8) is 0 Å². The first kappa shape index (κ1) is 20.0. The Kier molecular flexibility index (Phi) is 6.78. The minimum Gasteiger partial charge on any atom is -0.496 e. The second kappa shape index (κ2) is 9.48. The zero-order chi connectivity index (χ0) is 19.9. The quantitative estimate of drug-likeness (QED) is 0.478. The molecule has 28 heavy (non-hydrogen) atoms. The van der Waals surface area contributed by atoms with E-state index in [4.69, 9.17) is 9.84 Å². The number of aromatic nitrogens is 2. The Morgan fingerprint density at radius 1 is 1.25 bits per heavy atom. The van der Waals surface area contributed by atoms with Crippen LogP contribution in [0.25, 0.3) is 10.2 Å². The minimum atomic E-state index is -0.145. The summed E-state index contributed by atoms with van der Waals surface area (Å²) in [7, 11) is 1.67. The van der Waals surface area contributed by atoms with Gasteiger partial charge in [0.15, 0.2) is 0 Å². The number of hydrogen-bond donors (Lipinski definition) is 3. The number of benzene rings is 1. The van der Waals surface area contributed by atoms with Crippen molar-refractivity contribution in [1.82, 2.24) is 15.3 Å². The van der Waals surface area contributed by atoms with E-state index in [0.717, 1.165) is 39.3 Å². The van der Waals surface area contributed by atoms with Crippen molar-refractivity contribution >= 4 is 33.3 Å². The standard InChI is InChI=1S/C20H24N4O3S/c1-13-16-18(21-10-8-14-6-3-4-7-15(14)27-2)23-12-24-20(16)28-17(13)19(26)22-9-5-11-25/h3-4,6-7,12,25H,5,8-11H2,1-2H3,(H,22,26)(H,21,23,24). The molecule has 1 aromatic carbocycles. The van der Waals surface area contributed by atoms with Crippen LogP contribution in [0.1, 0.15) is 27.2 Å². The molecule has 8 heteroatoms. The monoisotopic (exact) mass is 400 g/mol. The number of aryl methyl sites for hydroxylation is 1. The minimum absolute atomic E-state index is 0.0530. The number of thiophene rings is 1. The van der Waals surface area contributed by atoms with Gasteiger partial charge in [0.2, 0.25) is 0 Å². The topological polar surface area (TPSA) is 96.4 Å². The summed E-state index contributed by atoms with van der Waals surface area (Å²) in [6.07, 6.45) is 2.83. The first-order valence-electron chi connectivity index (χ1n) is 9.14. The summed E-state index contributed by atoms with van der Waals surface area (Å²) in [6.45, 7) is 3.09. The van der Waals surface area contributed by atoms with Crippen LogP contribution >= 0.6 is 11.3 Å². The number of anilines is 1. The molecular formula is C20H24N4O3S. The molecule has 0 radical (unpaired) electrons. The third-order valence-electron chi connectivity index (χ3n) is 4.43. The molecule has 7 nitrogen and oxygen atoms in total. The predicted molar refractivity (Wildman–Crippen MR) is 111 cm³/mol. The van der Waals surface area contributed by atoms with E-state index in [1.807, 2.05) is 31.2 Å². The summed E-state index contributed by atoms with van der Waals surface area (Å²) < 4.78 is 5.40. The maximum atomic E-state index is 12.4. The van der Waals surface area contributed by atoms with Crippen molar-refractivity contribution in [3.05, 3.63) is 46.6 Å². The molecule has 2 aromatic heterocycles. The summed E-state index contributed by atoms with van der Waals surface area (Å²) in [5.74, 6) is 1.45. The average Bonchev–Trinajstić information content (AvgIpc) is 3.06. The lowest BCUT2D eigenvalue weighted by Crippen LogP contribution is -2.24. The number of ether oxygens (including phenoxy) is 1. The zero-order valence-corrected chi connectivity index (χ0v) is 16.8. The highest BCUT2D eigenvalue weighted by atomic mass is 32.1. The van der Waals surface area contributed by atoms with Crippen LogP contribution in [0.4, 0.5) is 5.82 Å². The summed E-state index contributed by atoms with van der Waals surface area (Å²) in [4.78, 5) is 22.5. The van der Waals surface area contributed by atoms with Crippen LogP contribution in [0.5, 0.6) is 5.75 Å². The van der Waals surface area contributed by atoms with Crippen molar-refractivity contribution in [2.24, 2.45) is 0 Å². The lowest BCUT2D eigenvalue weighted by Gasteiger charge is -2.10. The third kappa shape index (κ3) is 4.40. The molecule has 0 aliphatic heterocycles. The van der Waals surface area contributed by atoms with Gasteiger partial charge in [-0.2, -0.15) is 0 Å². The third-order valence-corrected chi connectivity index (χ3v) is 5.63. The Labute approximate surface area is 167 Å². The van der Waals surface area contributed by atoms with E-state index in [9.17, 15) is 4.79 Å². The first-order chi connectivity index (χ1) is 13.7. The van der Waals surface area contributed by atoms with Crippen LogP contribution in [0, 0.1) is 6.92 Å². The Morgan fingerprint density at radius 3 is 2.86 bits per heavy atom. The van der Waals surface area contributed by atoms with E-state index in [1.54, 1.807) is 7.11 Å². The molecule has 3 rings (SSSR count). The van der Waals surface area contributed by atoms with E-state index in [2.05, 4.69) is 20.6 Å². The van der Waals surface area contributed by atoms with Gasteiger partial charge in [-0.25, -0.2) is 9.97 Å².